The van der Waals surface area contributed by atoms with Crippen LogP contribution in [0.3, 0.4) is 0 Å². The zero-order valence-electron chi connectivity index (χ0n) is 10.9. The average molecular weight is 244 g/mol. The summed E-state index contributed by atoms with van der Waals surface area (Å²) in [5.41, 5.74) is 1.27. The van der Waals surface area contributed by atoms with Crippen LogP contribution in [0.1, 0.15) is 37.9 Å². The summed E-state index contributed by atoms with van der Waals surface area (Å²) in [6.07, 6.45) is 3.93. The van der Waals surface area contributed by atoms with E-state index in [2.05, 4.69) is 47.1 Å². The van der Waals surface area contributed by atoms with Crippen LogP contribution in [0.25, 0.3) is 0 Å². The molecule has 2 aliphatic heterocycles. The van der Waals surface area contributed by atoms with E-state index in [1.54, 1.807) is 0 Å². The Kier molecular flexibility index (Phi) is 3.22. The minimum Gasteiger partial charge on any atom is -0.455 e. The zero-order chi connectivity index (χ0) is 12.4. The van der Waals surface area contributed by atoms with Gasteiger partial charge in [0, 0.05) is 13.1 Å². The first-order valence-corrected chi connectivity index (χ1v) is 6.93. The maximum absolute atomic E-state index is 6.11. The van der Waals surface area contributed by atoms with Gasteiger partial charge in [-0.1, -0.05) is 30.3 Å². The predicted octanol–water partition coefficient (Wildman–Crippen LogP) is 2.99. The molecule has 0 aliphatic carbocycles. The topological polar surface area (TPSA) is 24.8 Å². The van der Waals surface area contributed by atoms with E-state index in [4.69, 9.17) is 4.74 Å². The molecule has 3 nitrogen and oxygen atoms in total. The standard InChI is InChI=1S/C15H20N2O/c1-2-16-15-17-11-7-6-10-13(17)14(18-15)12-8-4-3-5-9-12/h3-5,8-9,13-14H,2,6-7,10-11H2,1H3. The van der Waals surface area contributed by atoms with Crippen LogP contribution >= 0.6 is 0 Å². The lowest BCUT2D eigenvalue weighted by atomic mass is 9.94. The van der Waals surface area contributed by atoms with Crippen molar-refractivity contribution >= 4 is 6.02 Å². The molecule has 2 aliphatic rings. The van der Waals surface area contributed by atoms with Gasteiger partial charge in [-0.15, -0.1) is 0 Å². The summed E-state index contributed by atoms with van der Waals surface area (Å²) in [5.74, 6) is 0. The molecule has 0 amide bonds. The van der Waals surface area contributed by atoms with E-state index < -0.39 is 0 Å². The van der Waals surface area contributed by atoms with Gasteiger partial charge in [-0.3, -0.25) is 0 Å². The van der Waals surface area contributed by atoms with Crippen molar-refractivity contribution < 1.29 is 4.74 Å². The van der Waals surface area contributed by atoms with Crippen LogP contribution in [0.2, 0.25) is 0 Å². The van der Waals surface area contributed by atoms with E-state index in [0.29, 0.717) is 6.04 Å². The number of hydrogen-bond donors (Lipinski definition) is 0. The van der Waals surface area contributed by atoms with Crippen molar-refractivity contribution in [2.24, 2.45) is 4.99 Å². The normalized spacial score (nSPS) is 29.2. The van der Waals surface area contributed by atoms with Crippen LogP contribution in [0, 0.1) is 0 Å². The Morgan fingerprint density at radius 2 is 2.11 bits per heavy atom. The maximum Gasteiger partial charge on any atom is 0.288 e. The molecule has 2 atom stereocenters. The number of amidine groups is 1. The maximum atomic E-state index is 6.11. The lowest BCUT2D eigenvalue weighted by Crippen LogP contribution is -2.39. The molecule has 0 spiro atoms. The molecule has 2 unspecified atom stereocenters. The summed E-state index contributed by atoms with van der Waals surface area (Å²) in [4.78, 5) is 6.87. The summed E-state index contributed by atoms with van der Waals surface area (Å²) in [7, 11) is 0. The fourth-order valence-electron chi connectivity index (χ4n) is 2.97. The van der Waals surface area contributed by atoms with E-state index >= 15 is 0 Å². The van der Waals surface area contributed by atoms with Crippen LogP contribution in [0.5, 0.6) is 0 Å². The molecule has 2 saturated heterocycles. The third-order valence-corrected chi connectivity index (χ3v) is 3.80. The largest absolute Gasteiger partial charge is 0.455 e. The van der Waals surface area contributed by atoms with Crippen LogP contribution < -0.4 is 0 Å². The molecule has 0 saturated carbocycles. The van der Waals surface area contributed by atoms with Gasteiger partial charge in [0.2, 0.25) is 0 Å². The highest BCUT2D eigenvalue weighted by Crippen LogP contribution is 2.37. The summed E-state index contributed by atoms with van der Waals surface area (Å²) in [5, 5.41) is 0. The number of hydrogen-bond acceptors (Lipinski definition) is 2. The Morgan fingerprint density at radius 1 is 1.28 bits per heavy atom. The second-order valence-corrected chi connectivity index (χ2v) is 4.96. The van der Waals surface area contributed by atoms with Crippen LogP contribution in [-0.4, -0.2) is 30.1 Å². The fraction of sp³-hybridized carbons (Fsp3) is 0.533. The molecule has 1 aromatic rings. The molecule has 0 bridgehead atoms. The number of rotatable bonds is 2. The van der Waals surface area contributed by atoms with Crippen molar-refractivity contribution in [1.29, 1.82) is 0 Å². The molecule has 0 aromatic heterocycles. The Labute approximate surface area is 108 Å². The third kappa shape index (κ3) is 1.98. The molecule has 3 rings (SSSR count). The van der Waals surface area contributed by atoms with Crippen LogP contribution in [0.15, 0.2) is 35.3 Å². The van der Waals surface area contributed by atoms with E-state index in [-0.39, 0.29) is 6.10 Å². The zero-order valence-corrected chi connectivity index (χ0v) is 10.9. The van der Waals surface area contributed by atoms with Crippen molar-refractivity contribution in [2.45, 2.75) is 38.3 Å². The van der Waals surface area contributed by atoms with E-state index in [9.17, 15) is 0 Å². The van der Waals surface area contributed by atoms with Gasteiger partial charge >= 0.3 is 0 Å². The minimum absolute atomic E-state index is 0.164. The lowest BCUT2D eigenvalue weighted by Gasteiger charge is -2.30. The van der Waals surface area contributed by atoms with Crippen molar-refractivity contribution in [3.63, 3.8) is 0 Å². The third-order valence-electron chi connectivity index (χ3n) is 3.80. The smallest absolute Gasteiger partial charge is 0.288 e. The van der Waals surface area contributed by atoms with Gasteiger partial charge < -0.3 is 9.64 Å². The summed E-state index contributed by atoms with van der Waals surface area (Å²) in [6, 6.07) is 11.9. The Hall–Kier alpha value is -1.51. The highest BCUT2D eigenvalue weighted by atomic mass is 16.5. The Morgan fingerprint density at radius 3 is 2.89 bits per heavy atom. The first-order valence-electron chi connectivity index (χ1n) is 6.93. The molecular formula is C15H20N2O. The molecule has 2 fully saturated rings. The summed E-state index contributed by atoms with van der Waals surface area (Å²) < 4.78 is 6.11. The molecular weight excluding hydrogens is 224 g/mol. The molecule has 18 heavy (non-hydrogen) atoms. The van der Waals surface area contributed by atoms with Gasteiger partial charge in [-0.2, -0.15) is 0 Å². The predicted molar refractivity (Wildman–Crippen MR) is 72.6 cm³/mol. The first kappa shape index (κ1) is 11.6. The van der Waals surface area contributed by atoms with E-state index in [1.807, 2.05) is 0 Å². The number of piperidine rings is 1. The van der Waals surface area contributed by atoms with Crippen LogP contribution in [-0.2, 0) is 4.74 Å². The van der Waals surface area contributed by atoms with Crippen LogP contribution in [0.4, 0.5) is 0 Å². The Bertz CT molecular complexity index is 429. The number of fused-ring (bicyclic) bond motifs is 1. The highest BCUT2D eigenvalue weighted by Gasteiger charge is 2.41. The lowest BCUT2D eigenvalue weighted by molar-refractivity contribution is 0.168. The number of benzene rings is 1. The molecule has 96 valence electrons. The minimum atomic E-state index is 0.164. The van der Waals surface area contributed by atoms with Crippen molar-refractivity contribution in [2.75, 3.05) is 13.1 Å². The van der Waals surface area contributed by atoms with Gasteiger partial charge in [0.05, 0.1) is 6.04 Å². The van der Waals surface area contributed by atoms with Gasteiger partial charge in [0.1, 0.15) is 6.10 Å². The van der Waals surface area contributed by atoms with E-state index in [1.165, 1.54) is 24.8 Å². The highest BCUT2D eigenvalue weighted by molar-refractivity contribution is 5.77. The number of nitrogens with zero attached hydrogens (tertiary/aromatic N) is 2. The summed E-state index contributed by atoms with van der Waals surface area (Å²) >= 11 is 0. The van der Waals surface area contributed by atoms with Crippen molar-refractivity contribution in [3.05, 3.63) is 35.9 Å². The number of ether oxygens (including phenoxy) is 1. The van der Waals surface area contributed by atoms with Gasteiger partial charge in [0.25, 0.3) is 6.02 Å². The molecule has 3 heteroatoms. The molecule has 0 N–H and O–H groups in total. The second kappa shape index (κ2) is 5.01. The SMILES string of the molecule is CCN=C1OC(c2ccccc2)C2CCCCN12. The molecule has 1 aromatic carbocycles. The molecule has 2 heterocycles. The van der Waals surface area contributed by atoms with Gasteiger partial charge in [-0.25, -0.2) is 4.99 Å². The quantitative estimate of drug-likeness (QED) is 0.799. The second-order valence-electron chi connectivity index (χ2n) is 4.96. The van der Waals surface area contributed by atoms with Gasteiger partial charge in [-0.05, 0) is 31.7 Å². The molecule has 0 radical (unpaired) electrons. The summed E-state index contributed by atoms with van der Waals surface area (Å²) in [6.45, 7) is 3.94. The fourth-order valence-corrected chi connectivity index (χ4v) is 2.97. The van der Waals surface area contributed by atoms with Crippen molar-refractivity contribution in [3.8, 4) is 0 Å². The number of aliphatic imine (C=N–C) groups is 1. The Balaban J connectivity index is 1.89. The monoisotopic (exact) mass is 244 g/mol. The van der Waals surface area contributed by atoms with Crippen molar-refractivity contribution in [1.82, 2.24) is 4.90 Å². The first-order chi connectivity index (χ1) is 8.90. The van der Waals surface area contributed by atoms with Gasteiger partial charge in [0.15, 0.2) is 0 Å². The average Bonchev–Trinajstić information content (AvgIpc) is 2.80. The van der Waals surface area contributed by atoms with E-state index in [0.717, 1.165) is 19.1 Å².